The van der Waals surface area contributed by atoms with Gasteiger partial charge in [-0.25, -0.2) is 4.98 Å². The molecule has 2 aromatic rings. The third kappa shape index (κ3) is 1.80. The van der Waals surface area contributed by atoms with Crippen molar-refractivity contribution in [3.05, 3.63) is 36.4 Å². The zero-order valence-corrected chi connectivity index (χ0v) is 11.0. The number of anilines is 1. The maximum absolute atomic E-state index is 6.20. The summed E-state index contributed by atoms with van der Waals surface area (Å²) in [7, 11) is 0. The number of hydrogen-bond donors (Lipinski definition) is 1. The van der Waals surface area contributed by atoms with Crippen molar-refractivity contribution in [3.63, 3.8) is 0 Å². The summed E-state index contributed by atoms with van der Waals surface area (Å²) in [6.45, 7) is 2.21. The van der Waals surface area contributed by atoms with Crippen LogP contribution in [0.1, 0.15) is 12.8 Å². The Morgan fingerprint density at radius 1 is 1.05 bits per heavy atom. The second kappa shape index (κ2) is 4.20. The average Bonchev–Trinajstić information content (AvgIpc) is 3.01. The third-order valence-corrected chi connectivity index (χ3v) is 4.82. The Hall–Kier alpha value is -1.61. The monoisotopic (exact) mass is 253 g/mol. The molecular weight excluding hydrogens is 234 g/mol. The fraction of sp³-hybridized carbons (Fsp3) is 0.438. The minimum Gasteiger partial charge on any atom is -0.356 e. The molecule has 98 valence electrons. The normalized spacial score (nSPS) is 29.9. The molecule has 2 N–H and O–H groups in total. The van der Waals surface area contributed by atoms with Gasteiger partial charge in [-0.3, -0.25) is 0 Å². The Kier molecular flexibility index (Phi) is 2.49. The first-order chi connectivity index (χ1) is 9.31. The molecule has 2 aliphatic rings. The number of nitrogens with zero attached hydrogens (tertiary/aromatic N) is 2. The number of hydrogen-bond acceptors (Lipinski definition) is 3. The summed E-state index contributed by atoms with van der Waals surface area (Å²) in [5.74, 6) is 2.57. The minimum atomic E-state index is 0.399. The van der Waals surface area contributed by atoms with Crippen molar-refractivity contribution in [2.75, 3.05) is 18.0 Å². The van der Waals surface area contributed by atoms with Crippen LogP contribution >= 0.6 is 0 Å². The van der Waals surface area contributed by atoms with Crippen LogP contribution in [-0.4, -0.2) is 24.1 Å². The molecule has 3 atom stereocenters. The molecule has 1 aromatic heterocycles. The second-order valence-corrected chi connectivity index (χ2v) is 5.93. The highest BCUT2D eigenvalue weighted by Crippen LogP contribution is 2.38. The predicted octanol–water partition coefficient (Wildman–Crippen LogP) is 2.41. The van der Waals surface area contributed by atoms with Crippen molar-refractivity contribution >= 4 is 16.7 Å². The molecule has 3 nitrogen and oxygen atoms in total. The molecule has 0 bridgehead atoms. The Labute approximate surface area is 113 Å². The van der Waals surface area contributed by atoms with Crippen LogP contribution in [0, 0.1) is 11.8 Å². The van der Waals surface area contributed by atoms with Crippen LogP contribution in [0.2, 0.25) is 0 Å². The van der Waals surface area contributed by atoms with E-state index in [9.17, 15) is 0 Å². The number of para-hydroxylation sites is 1. The van der Waals surface area contributed by atoms with Crippen LogP contribution in [0.4, 0.5) is 5.82 Å². The molecule has 2 fully saturated rings. The van der Waals surface area contributed by atoms with Crippen molar-refractivity contribution in [3.8, 4) is 0 Å². The number of pyridine rings is 1. The van der Waals surface area contributed by atoms with E-state index in [-0.39, 0.29) is 0 Å². The van der Waals surface area contributed by atoms with Crippen molar-refractivity contribution in [1.82, 2.24) is 4.98 Å². The third-order valence-electron chi connectivity index (χ3n) is 4.82. The molecule has 2 heterocycles. The van der Waals surface area contributed by atoms with Gasteiger partial charge in [-0.15, -0.1) is 0 Å². The molecule has 0 radical (unpaired) electrons. The second-order valence-electron chi connectivity index (χ2n) is 5.93. The molecule has 0 amide bonds. The first kappa shape index (κ1) is 11.2. The molecule has 3 unspecified atom stereocenters. The highest BCUT2D eigenvalue weighted by molar-refractivity contribution is 5.80. The summed E-state index contributed by atoms with van der Waals surface area (Å²) in [5.41, 5.74) is 7.29. The molecule has 19 heavy (non-hydrogen) atoms. The van der Waals surface area contributed by atoms with E-state index in [1.54, 1.807) is 0 Å². The molecular formula is C16H19N3. The Morgan fingerprint density at radius 2 is 1.95 bits per heavy atom. The van der Waals surface area contributed by atoms with E-state index < -0.39 is 0 Å². The van der Waals surface area contributed by atoms with Crippen molar-refractivity contribution in [1.29, 1.82) is 0 Å². The molecule has 0 spiro atoms. The molecule has 1 aromatic carbocycles. The summed E-state index contributed by atoms with van der Waals surface area (Å²) in [5, 5.41) is 1.21. The van der Waals surface area contributed by atoms with Gasteiger partial charge in [0.25, 0.3) is 0 Å². The molecule has 1 saturated heterocycles. The van der Waals surface area contributed by atoms with Gasteiger partial charge in [-0.05, 0) is 42.9 Å². The minimum absolute atomic E-state index is 0.399. The molecule has 1 aliphatic carbocycles. The van der Waals surface area contributed by atoms with Gasteiger partial charge in [0.2, 0.25) is 0 Å². The molecule has 1 aliphatic heterocycles. The van der Waals surface area contributed by atoms with Crippen molar-refractivity contribution < 1.29 is 0 Å². The van der Waals surface area contributed by atoms with Gasteiger partial charge in [0.05, 0.1) is 5.52 Å². The topological polar surface area (TPSA) is 42.1 Å². The van der Waals surface area contributed by atoms with Crippen LogP contribution in [0.15, 0.2) is 36.4 Å². The summed E-state index contributed by atoms with van der Waals surface area (Å²) in [4.78, 5) is 7.21. The SMILES string of the molecule is NC1CCC2CN(c3ccc4ccccc4n3)CC12. The lowest BCUT2D eigenvalue weighted by Crippen LogP contribution is -2.30. The van der Waals surface area contributed by atoms with Crippen molar-refractivity contribution in [2.45, 2.75) is 18.9 Å². The van der Waals surface area contributed by atoms with Crippen LogP contribution < -0.4 is 10.6 Å². The van der Waals surface area contributed by atoms with Crippen LogP contribution in [0.25, 0.3) is 10.9 Å². The Balaban J connectivity index is 1.65. The molecule has 3 heteroatoms. The number of aromatic nitrogens is 1. The van der Waals surface area contributed by atoms with Crippen LogP contribution in [0.5, 0.6) is 0 Å². The van der Waals surface area contributed by atoms with Crippen molar-refractivity contribution in [2.24, 2.45) is 17.6 Å². The zero-order valence-electron chi connectivity index (χ0n) is 11.0. The largest absolute Gasteiger partial charge is 0.356 e. The van der Waals surface area contributed by atoms with E-state index in [4.69, 9.17) is 10.7 Å². The summed E-state index contributed by atoms with van der Waals surface area (Å²) >= 11 is 0. The van der Waals surface area contributed by atoms with Crippen LogP contribution in [0.3, 0.4) is 0 Å². The number of benzene rings is 1. The van der Waals surface area contributed by atoms with Gasteiger partial charge in [-0.1, -0.05) is 18.2 Å². The number of nitrogens with two attached hydrogens (primary N) is 1. The highest BCUT2D eigenvalue weighted by atomic mass is 15.2. The lowest BCUT2D eigenvalue weighted by Gasteiger charge is -2.20. The van der Waals surface area contributed by atoms with Gasteiger partial charge in [0.15, 0.2) is 0 Å². The van der Waals surface area contributed by atoms with E-state index in [2.05, 4.69) is 35.2 Å². The Bertz CT molecular complexity index is 610. The zero-order chi connectivity index (χ0) is 12.8. The highest BCUT2D eigenvalue weighted by Gasteiger charge is 2.41. The molecule has 1 saturated carbocycles. The maximum atomic E-state index is 6.20. The van der Waals surface area contributed by atoms with Gasteiger partial charge >= 0.3 is 0 Å². The fourth-order valence-electron chi connectivity index (χ4n) is 3.73. The smallest absolute Gasteiger partial charge is 0.129 e. The van der Waals surface area contributed by atoms with Gasteiger partial charge in [0, 0.05) is 24.5 Å². The standard InChI is InChI=1S/C16H19N3/c17-14-7-5-12-9-19(10-13(12)14)16-8-6-11-3-1-2-4-15(11)18-16/h1-4,6,8,12-14H,5,7,9-10,17H2. The van der Waals surface area contributed by atoms with Gasteiger partial charge in [0.1, 0.15) is 5.82 Å². The predicted molar refractivity (Wildman–Crippen MR) is 78.1 cm³/mol. The van der Waals surface area contributed by atoms with Crippen LogP contribution in [-0.2, 0) is 0 Å². The van der Waals surface area contributed by atoms with E-state index in [1.165, 1.54) is 18.2 Å². The van der Waals surface area contributed by atoms with E-state index in [1.807, 2.05) is 6.07 Å². The van der Waals surface area contributed by atoms with E-state index >= 15 is 0 Å². The quantitative estimate of drug-likeness (QED) is 0.848. The van der Waals surface area contributed by atoms with Gasteiger partial charge < -0.3 is 10.6 Å². The number of fused-ring (bicyclic) bond motifs is 2. The fourth-order valence-corrected chi connectivity index (χ4v) is 3.73. The van der Waals surface area contributed by atoms with E-state index in [0.29, 0.717) is 12.0 Å². The average molecular weight is 253 g/mol. The first-order valence-corrected chi connectivity index (χ1v) is 7.17. The summed E-state index contributed by atoms with van der Waals surface area (Å²) in [6, 6.07) is 13.0. The lowest BCUT2D eigenvalue weighted by atomic mass is 9.98. The lowest BCUT2D eigenvalue weighted by molar-refractivity contribution is 0.453. The Morgan fingerprint density at radius 3 is 2.84 bits per heavy atom. The van der Waals surface area contributed by atoms with Gasteiger partial charge in [-0.2, -0.15) is 0 Å². The summed E-state index contributed by atoms with van der Waals surface area (Å²) in [6.07, 6.45) is 2.49. The van der Waals surface area contributed by atoms with E-state index in [0.717, 1.165) is 30.3 Å². The first-order valence-electron chi connectivity index (χ1n) is 7.17. The summed E-state index contributed by atoms with van der Waals surface area (Å²) < 4.78 is 0. The maximum Gasteiger partial charge on any atom is 0.129 e. The molecule has 4 rings (SSSR count). The number of rotatable bonds is 1.